The van der Waals surface area contributed by atoms with Gasteiger partial charge in [0, 0.05) is 38.7 Å². The van der Waals surface area contributed by atoms with Crippen LogP contribution < -0.4 is 4.90 Å². The second kappa shape index (κ2) is 7.47. The Hall–Kier alpha value is -1.30. The van der Waals surface area contributed by atoms with Crippen molar-refractivity contribution in [2.45, 2.75) is 39.0 Å². The van der Waals surface area contributed by atoms with Crippen LogP contribution in [0.4, 0.5) is 19.0 Å². The lowest BCUT2D eigenvalue weighted by molar-refractivity contribution is -0.0222. The van der Waals surface area contributed by atoms with Gasteiger partial charge in [0.1, 0.15) is 0 Å². The molecule has 0 aromatic carbocycles. The molecule has 0 atom stereocenters. The summed E-state index contributed by atoms with van der Waals surface area (Å²) in [4.78, 5) is 5.50. The Morgan fingerprint density at radius 3 is 2.40 bits per heavy atom. The molecule has 3 nitrogen and oxygen atoms in total. The Balaban J connectivity index is 0.000000956. The highest BCUT2D eigenvalue weighted by Crippen LogP contribution is 2.30. The molecule has 0 saturated carbocycles. The first-order valence-electron chi connectivity index (χ1n) is 6.90. The van der Waals surface area contributed by atoms with E-state index in [-0.39, 0.29) is 38.4 Å². The van der Waals surface area contributed by atoms with Crippen molar-refractivity contribution in [3.63, 3.8) is 0 Å². The maximum atomic E-state index is 13.8. The predicted molar refractivity (Wildman–Crippen MR) is 72.7 cm³/mol. The van der Waals surface area contributed by atoms with Gasteiger partial charge in [0.2, 0.25) is 0 Å². The van der Waals surface area contributed by atoms with Crippen LogP contribution in [0, 0.1) is 5.82 Å². The molecule has 0 aliphatic carbocycles. The van der Waals surface area contributed by atoms with E-state index >= 15 is 0 Å². The lowest BCUT2D eigenvalue weighted by atomic mass is 10.1. The molecule has 1 fully saturated rings. The SMILES string of the molecule is CC.OCCc1cnc(N2CCC(F)(F)CC2)c(F)c1. The molecule has 0 spiro atoms. The number of hydrogen-bond acceptors (Lipinski definition) is 3. The molecule has 1 aliphatic heterocycles. The Morgan fingerprint density at radius 1 is 1.30 bits per heavy atom. The summed E-state index contributed by atoms with van der Waals surface area (Å²) in [7, 11) is 0. The van der Waals surface area contributed by atoms with Gasteiger partial charge >= 0.3 is 0 Å². The van der Waals surface area contributed by atoms with E-state index in [2.05, 4.69) is 4.98 Å². The van der Waals surface area contributed by atoms with E-state index in [1.165, 1.54) is 17.2 Å². The van der Waals surface area contributed by atoms with Gasteiger partial charge in [0.25, 0.3) is 5.92 Å². The number of hydrogen-bond donors (Lipinski definition) is 1. The highest BCUT2D eigenvalue weighted by atomic mass is 19.3. The summed E-state index contributed by atoms with van der Waals surface area (Å²) >= 11 is 0. The minimum Gasteiger partial charge on any atom is -0.396 e. The molecule has 0 amide bonds. The Bertz CT molecular complexity index is 417. The average molecular weight is 290 g/mol. The standard InChI is InChI=1S/C12H15F3N2O.C2H6/c13-10-7-9(1-6-18)8-16-11(10)17-4-2-12(14,15)3-5-17;1-2/h7-8,18H,1-6H2;1-2H3. The fourth-order valence-electron chi connectivity index (χ4n) is 2.01. The van der Waals surface area contributed by atoms with Crippen molar-refractivity contribution in [1.29, 1.82) is 0 Å². The lowest BCUT2D eigenvalue weighted by Gasteiger charge is -2.32. The molecule has 1 aromatic heterocycles. The summed E-state index contributed by atoms with van der Waals surface area (Å²) in [5.74, 6) is -3.05. The summed E-state index contributed by atoms with van der Waals surface area (Å²) in [5.41, 5.74) is 0.598. The van der Waals surface area contributed by atoms with Crippen molar-refractivity contribution in [3.05, 3.63) is 23.6 Å². The first kappa shape index (κ1) is 16.8. The summed E-state index contributed by atoms with van der Waals surface area (Å²) in [6.07, 6.45) is 1.27. The van der Waals surface area contributed by atoms with Crippen molar-refractivity contribution >= 4 is 5.82 Å². The van der Waals surface area contributed by atoms with Gasteiger partial charge in [-0.1, -0.05) is 13.8 Å². The van der Waals surface area contributed by atoms with E-state index in [1.54, 1.807) is 0 Å². The molecule has 0 unspecified atom stereocenters. The molecule has 114 valence electrons. The Kier molecular flexibility index (Phi) is 6.26. The van der Waals surface area contributed by atoms with Crippen LogP contribution in [0.25, 0.3) is 0 Å². The van der Waals surface area contributed by atoms with E-state index in [4.69, 9.17) is 5.11 Å². The van der Waals surface area contributed by atoms with Gasteiger partial charge in [-0.3, -0.25) is 0 Å². The second-order valence-electron chi connectivity index (χ2n) is 4.47. The predicted octanol–water partition coefficient (Wildman–Crippen LogP) is 3.02. The van der Waals surface area contributed by atoms with Gasteiger partial charge in [-0.15, -0.1) is 0 Å². The molecule has 0 radical (unpaired) electrons. The third kappa shape index (κ3) is 4.37. The fourth-order valence-corrected chi connectivity index (χ4v) is 2.01. The van der Waals surface area contributed by atoms with E-state index < -0.39 is 11.7 Å². The highest BCUT2D eigenvalue weighted by Gasteiger charge is 2.35. The van der Waals surface area contributed by atoms with Crippen LogP contribution in [0.2, 0.25) is 0 Å². The molecular weight excluding hydrogens is 269 g/mol. The Morgan fingerprint density at radius 2 is 1.90 bits per heavy atom. The summed E-state index contributed by atoms with van der Waals surface area (Å²) in [6.45, 7) is 4.14. The van der Waals surface area contributed by atoms with Crippen LogP contribution in [-0.4, -0.2) is 35.7 Å². The maximum absolute atomic E-state index is 13.8. The molecule has 2 heterocycles. The van der Waals surface area contributed by atoms with E-state index in [0.29, 0.717) is 12.0 Å². The number of aromatic nitrogens is 1. The third-order valence-corrected chi connectivity index (χ3v) is 3.07. The number of aliphatic hydroxyl groups excluding tert-OH is 1. The van der Waals surface area contributed by atoms with Crippen molar-refractivity contribution in [3.8, 4) is 0 Å². The zero-order valence-electron chi connectivity index (χ0n) is 11.9. The molecule has 1 aliphatic rings. The smallest absolute Gasteiger partial charge is 0.251 e. The molecule has 1 saturated heterocycles. The van der Waals surface area contributed by atoms with E-state index in [1.807, 2.05) is 13.8 Å². The number of aliphatic hydroxyl groups is 1. The van der Waals surface area contributed by atoms with Crippen molar-refractivity contribution in [2.75, 3.05) is 24.6 Å². The van der Waals surface area contributed by atoms with Gasteiger partial charge in [0.05, 0.1) is 0 Å². The van der Waals surface area contributed by atoms with Crippen LogP contribution >= 0.6 is 0 Å². The number of alkyl halides is 2. The topological polar surface area (TPSA) is 36.4 Å². The lowest BCUT2D eigenvalue weighted by Crippen LogP contribution is -2.40. The highest BCUT2D eigenvalue weighted by molar-refractivity contribution is 5.41. The fraction of sp³-hybridized carbons (Fsp3) is 0.643. The Labute approximate surface area is 117 Å². The van der Waals surface area contributed by atoms with Crippen molar-refractivity contribution < 1.29 is 18.3 Å². The number of anilines is 1. The number of pyridine rings is 1. The molecular formula is C14H21F3N2O. The summed E-state index contributed by atoms with van der Waals surface area (Å²) in [5, 5.41) is 8.74. The normalized spacial score (nSPS) is 17.4. The molecule has 0 bridgehead atoms. The van der Waals surface area contributed by atoms with Crippen LogP contribution in [-0.2, 0) is 6.42 Å². The monoisotopic (exact) mass is 290 g/mol. The van der Waals surface area contributed by atoms with Crippen molar-refractivity contribution in [1.82, 2.24) is 4.98 Å². The number of rotatable bonds is 3. The number of piperidine rings is 1. The zero-order valence-corrected chi connectivity index (χ0v) is 11.9. The van der Waals surface area contributed by atoms with Gasteiger partial charge in [-0.25, -0.2) is 18.2 Å². The van der Waals surface area contributed by atoms with Gasteiger partial charge in [-0.2, -0.15) is 0 Å². The quantitative estimate of drug-likeness (QED) is 0.929. The first-order chi connectivity index (χ1) is 9.52. The van der Waals surface area contributed by atoms with E-state index in [0.717, 1.165) is 0 Å². The number of nitrogens with zero attached hydrogens (tertiary/aromatic N) is 2. The molecule has 1 N–H and O–H groups in total. The van der Waals surface area contributed by atoms with Crippen LogP contribution in [0.15, 0.2) is 12.3 Å². The average Bonchev–Trinajstić information content (AvgIpc) is 2.42. The molecule has 2 rings (SSSR count). The molecule has 1 aromatic rings. The van der Waals surface area contributed by atoms with Crippen LogP contribution in [0.3, 0.4) is 0 Å². The summed E-state index contributed by atoms with van der Waals surface area (Å²) in [6, 6.07) is 1.30. The largest absolute Gasteiger partial charge is 0.396 e. The molecule has 20 heavy (non-hydrogen) atoms. The van der Waals surface area contributed by atoms with Crippen LogP contribution in [0.1, 0.15) is 32.3 Å². The van der Waals surface area contributed by atoms with Crippen molar-refractivity contribution in [2.24, 2.45) is 0 Å². The van der Waals surface area contributed by atoms with Gasteiger partial charge in [-0.05, 0) is 18.1 Å². The zero-order chi connectivity index (χ0) is 15.2. The minimum atomic E-state index is -2.65. The first-order valence-corrected chi connectivity index (χ1v) is 6.90. The molecule has 6 heteroatoms. The minimum absolute atomic E-state index is 0.0730. The second-order valence-corrected chi connectivity index (χ2v) is 4.47. The van der Waals surface area contributed by atoms with Crippen LogP contribution in [0.5, 0.6) is 0 Å². The summed E-state index contributed by atoms with van der Waals surface area (Å²) < 4.78 is 39.8. The number of halogens is 3. The van der Waals surface area contributed by atoms with Gasteiger partial charge < -0.3 is 10.0 Å². The van der Waals surface area contributed by atoms with Gasteiger partial charge in [0.15, 0.2) is 11.6 Å². The third-order valence-electron chi connectivity index (χ3n) is 3.07. The maximum Gasteiger partial charge on any atom is 0.251 e. The van der Waals surface area contributed by atoms with E-state index in [9.17, 15) is 13.2 Å².